The fourth-order valence-corrected chi connectivity index (χ4v) is 1.68. The first kappa shape index (κ1) is 11.4. The summed E-state index contributed by atoms with van der Waals surface area (Å²) in [4.78, 5) is 0. The van der Waals surface area contributed by atoms with Crippen LogP contribution in [0.15, 0.2) is 10.6 Å². The van der Waals surface area contributed by atoms with Crippen LogP contribution in [0.2, 0.25) is 0 Å². The standard InChI is InChI=1S/C10H17N2O.ClH/c1-3-5-7-11-8-9-12(6-4-2)10(11)13-9;/h8H,3-7H2,1-2H3;1H/q+1;/p-1. The summed E-state index contributed by atoms with van der Waals surface area (Å²) >= 11 is 0. The summed E-state index contributed by atoms with van der Waals surface area (Å²) in [6.45, 7) is 6.58. The van der Waals surface area contributed by atoms with E-state index in [1.807, 2.05) is 0 Å². The number of nitrogens with zero attached hydrogens (tertiary/aromatic N) is 2. The summed E-state index contributed by atoms with van der Waals surface area (Å²) in [6.07, 6.45) is 5.75. The first-order valence-corrected chi connectivity index (χ1v) is 5.17. The van der Waals surface area contributed by atoms with E-state index in [1.165, 1.54) is 19.3 Å². The lowest BCUT2D eigenvalue weighted by molar-refractivity contribution is -0.674. The molecule has 3 aromatic rings. The van der Waals surface area contributed by atoms with Crippen molar-refractivity contribution in [2.45, 2.75) is 46.2 Å². The molecule has 3 heterocycles. The molecule has 0 atom stereocenters. The van der Waals surface area contributed by atoms with Gasteiger partial charge >= 0.3 is 11.6 Å². The molecule has 0 amide bonds. The monoisotopic (exact) mass is 216 g/mol. The summed E-state index contributed by atoms with van der Waals surface area (Å²) in [6, 6.07) is 0. The zero-order valence-electron chi connectivity index (χ0n) is 8.79. The Morgan fingerprint density at radius 3 is 2.79 bits per heavy atom. The molecular weight excluding hydrogens is 200 g/mol. The van der Waals surface area contributed by atoms with E-state index in [0.29, 0.717) is 0 Å². The molecule has 0 fully saturated rings. The van der Waals surface area contributed by atoms with Gasteiger partial charge in [-0.1, -0.05) is 20.3 Å². The number of fused-ring (bicyclic) bond motifs is 1. The Labute approximate surface area is 90.4 Å². The average Bonchev–Trinajstić information content (AvgIpc) is 2.67. The van der Waals surface area contributed by atoms with Crippen molar-refractivity contribution in [1.29, 1.82) is 0 Å². The van der Waals surface area contributed by atoms with Gasteiger partial charge in [-0.25, -0.2) is 0 Å². The molecule has 0 saturated heterocycles. The highest BCUT2D eigenvalue weighted by atomic mass is 35.5. The molecule has 0 saturated carbocycles. The van der Waals surface area contributed by atoms with Crippen molar-refractivity contribution >= 4 is 11.6 Å². The highest BCUT2D eigenvalue weighted by Crippen LogP contribution is 2.16. The van der Waals surface area contributed by atoms with Gasteiger partial charge in [0.05, 0.1) is 13.1 Å². The van der Waals surface area contributed by atoms with Crippen LogP contribution in [0, 0.1) is 0 Å². The molecular formula is C10H17ClN2O. The second-order valence-corrected chi connectivity index (χ2v) is 3.55. The maximum Gasteiger partial charge on any atom is 0.467 e. The van der Waals surface area contributed by atoms with Gasteiger partial charge in [0.15, 0.2) is 6.20 Å². The van der Waals surface area contributed by atoms with E-state index < -0.39 is 0 Å². The number of hydrogen-bond acceptors (Lipinski definition) is 1. The fourth-order valence-electron chi connectivity index (χ4n) is 1.68. The number of hydrogen-bond donors (Lipinski definition) is 0. The molecule has 3 nitrogen and oxygen atoms in total. The summed E-state index contributed by atoms with van der Waals surface area (Å²) in [5.41, 5.74) is 1.04. The minimum Gasteiger partial charge on any atom is -1.00 e. The molecule has 0 N–H and O–H groups in total. The molecule has 3 rings (SSSR count). The molecule has 0 aliphatic carbocycles. The van der Waals surface area contributed by atoms with E-state index >= 15 is 0 Å². The van der Waals surface area contributed by atoms with Crippen molar-refractivity contribution in [3.8, 4) is 0 Å². The number of unbranched alkanes of at least 4 members (excludes halogenated alkanes) is 1. The van der Waals surface area contributed by atoms with Gasteiger partial charge in [-0.2, -0.15) is 9.13 Å². The second-order valence-electron chi connectivity index (χ2n) is 3.55. The molecule has 0 aliphatic heterocycles. The number of aryl methyl sites for hydroxylation is 2. The molecule has 0 aliphatic rings. The fraction of sp³-hybridized carbons (Fsp3) is 0.700. The molecule has 0 radical (unpaired) electrons. The third-order valence-electron chi connectivity index (χ3n) is 2.40. The van der Waals surface area contributed by atoms with Gasteiger partial charge in [0.1, 0.15) is 0 Å². The van der Waals surface area contributed by atoms with E-state index in [2.05, 4.69) is 29.2 Å². The van der Waals surface area contributed by atoms with Gasteiger partial charge in [-0.15, -0.1) is 0 Å². The highest BCUT2D eigenvalue weighted by Gasteiger charge is 2.26. The Balaban J connectivity index is 0.000000980. The third kappa shape index (κ3) is 1.73. The van der Waals surface area contributed by atoms with Crippen molar-refractivity contribution in [2.75, 3.05) is 0 Å². The molecule has 4 heteroatoms. The molecule has 0 unspecified atom stereocenters. The minimum absolute atomic E-state index is 0. The van der Waals surface area contributed by atoms with E-state index in [-0.39, 0.29) is 12.4 Å². The largest absolute Gasteiger partial charge is 1.00 e. The lowest BCUT2D eigenvalue weighted by Crippen LogP contribution is -3.00. The van der Waals surface area contributed by atoms with E-state index in [4.69, 9.17) is 4.42 Å². The number of rotatable bonds is 5. The van der Waals surface area contributed by atoms with Gasteiger partial charge in [0, 0.05) is 0 Å². The van der Waals surface area contributed by atoms with Crippen LogP contribution in [0.5, 0.6) is 0 Å². The number of halogens is 1. The van der Waals surface area contributed by atoms with Crippen LogP contribution >= 0.6 is 0 Å². The number of oxazole rings is 1. The first-order valence-electron chi connectivity index (χ1n) is 5.17. The summed E-state index contributed by atoms with van der Waals surface area (Å²) in [5.74, 6) is 1.05. The van der Waals surface area contributed by atoms with Crippen molar-refractivity contribution < 1.29 is 21.4 Å². The Morgan fingerprint density at radius 2 is 2.14 bits per heavy atom. The van der Waals surface area contributed by atoms with Gasteiger partial charge in [0.2, 0.25) is 0 Å². The van der Waals surface area contributed by atoms with Crippen LogP contribution in [0.25, 0.3) is 11.6 Å². The topological polar surface area (TPSA) is 21.9 Å². The van der Waals surface area contributed by atoms with E-state index in [0.717, 1.165) is 24.6 Å². The Hall–Kier alpha value is -0.700. The maximum absolute atomic E-state index is 5.45. The predicted octanol–water partition coefficient (Wildman–Crippen LogP) is -0.826. The second kappa shape index (κ2) is 4.69. The van der Waals surface area contributed by atoms with Gasteiger partial charge in [-0.05, 0) is 12.8 Å². The Kier molecular flexibility index (Phi) is 3.81. The van der Waals surface area contributed by atoms with Gasteiger partial charge < -0.3 is 16.8 Å². The smallest absolute Gasteiger partial charge is 0.467 e. The maximum atomic E-state index is 5.45. The molecule has 0 spiro atoms. The van der Waals surface area contributed by atoms with E-state index in [9.17, 15) is 0 Å². The van der Waals surface area contributed by atoms with Crippen LogP contribution in [-0.4, -0.2) is 4.57 Å². The molecule has 14 heavy (non-hydrogen) atoms. The van der Waals surface area contributed by atoms with E-state index in [1.54, 1.807) is 0 Å². The predicted molar refractivity (Wildman–Crippen MR) is 50.8 cm³/mol. The molecule has 0 aromatic carbocycles. The van der Waals surface area contributed by atoms with Crippen molar-refractivity contribution in [3.63, 3.8) is 0 Å². The lowest BCUT2D eigenvalue weighted by Gasteiger charge is -1.98. The average molecular weight is 217 g/mol. The Morgan fingerprint density at radius 1 is 1.36 bits per heavy atom. The Bertz CT molecular complexity index is 366. The minimum atomic E-state index is 0. The van der Waals surface area contributed by atoms with Gasteiger partial charge in [0.25, 0.3) is 0 Å². The van der Waals surface area contributed by atoms with Crippen LogP contribution in [0.3, 0.4) is 0 Å². The summed E-state index contributed by atoms with van der Waals surface area (Å²) in [7, 11) is 0. The van der Waals surface area contributed by atoms with Crippen LogP contribution < -0.4 is 17.0 Å². The normalized spacial score (nSPS) is 11.0. The zero-order valence-corrected chi connectivity index (χ0v) is 9.55. The van der Waals surface area contributed by atoms with Crippen molar-refractivity contribution in [3.05, 3.63) is 6.20 Å². The van der Waals surface area contributed by atoms with Crippen molar-refractivity contribution in [1.82, 2.24) is 4.57 Å². The lowest BCUT2D eigenvalue weighted by atomic mass is 10.3. The van der Waals surface area contributed by atoms with Crippen LogP contribution in [0.1, 0.15) is 33.1 Å². The highest BCUT2D eigenvalue weighted by molar-refractivity contribution is 5.43. The van der Waals surface area contributed by atoms with Crippen LogP contribution in [-0.2, 0) is 13.1 Å². The molecule has 3 aromatic heterocycles. The van der Waals surface area contributed by atoms with Crippen LogP contribution in [0.4, 0.5) is 0 Å². The summed E-state index contributed by atoms with van der Waals surface area (Å²) < 4.78 is 9.92. The quantitative estimate of drug-likeness (QED) is 0.599. The molecule has 2 bridgehead atoms. The van der Waals surface area contributed by atoms with Gasteiger partial charge in [-0.3, -0.25) is 0 Å². The van der Waals surface area contributed by atoms with Crippen molar-refractivity contribution in [2.24, 2.45) is 0 Å². The zero-order chi connectivity index (χ0) is 9.26. The first-order chi connectivity index (χ1) is 6.36. The summed E-state index contributed by atoms with van der Waals surface area (Å²) in [5, 5.41) is 0. The molecule has 80 valence electrons. The third-order valence-corrected chi connectivity index (χ3v) is 2.40. The number of aromatic nitrogens is 2. The SMILES string of the molecule is CCCC[n+]1cc2oc1n2CCC.[Cl-]. The number of imidazole rings is 1.